The van der Waals surface area contributed by atoms with Crippen LogP contribution >= 0.6 is 11.3 Å². The summed E-state index contributed by atoms with van der Waals surface area (Å²) in [7, 11) is 0. The van der Waals surface area contributed by atoms with Crippen LogP contribution in [0.2, 0.25) is 0 Å². The number of hydrogen-bond acceptors (Lipinski definition) is 3. The van der Waals surface area contributed by atoms with Gasteiger partial charge >= 0.3 is 0 Å². The van der Waals surface area contributed by atoms with E-state index in [-0.39, 0.29) is 0 Å². The minimum absolute atomic E-state index is 1.48. The Hall–Kier alpha value is -1.09. The Balaban J connectivity index is 0.0000001000. The van der Waals surface area contributed by atoms with Gasteiger partial charge in [-0.05, 0) is 6.07 Å². The third-order valence-electron chi connectivity index (χ3n) is 0.688. The van der Waals surface area contributed by atoms with Gasteiger partial charge in [0.25, 0.3) is 0 Å². The molecule has 0 atom stereocenters. The molecule has 0 bridgehead atoms. The summed E-state index contributed by atoms with van der Waals surface area (Å²) in [6.07, 6.45) is 4.78. The van der Waals surface area contributed by atoms with E-state index in [9.17, 15) is 0 Å². The molecule has 0 unspecified atom stereocenters. The van der Waals surface area contributed by atoms with E-state index in [0.29, 0.717) is 0 Å². The van der Waals surface area contributed by atoms with Gasteiger partial charge in [0.05, 0.1) is 12.5 Å². The van der Waals surface area contributed by atoms with Gasteiger partial charge < -0.3 is 4.42 Å². The van der Waals surface area contributed by atoms with Crippen LogP contribution in [0.1, 0.15) is 0 Å². The average molecular weight is 151 g/mol. The summed E-state index contributed by atoms with van der Waals surface area (Å²) >= 11 is 1.48. The van der Waals surface area contributed by atoms with Gasteiger partial charge in [-0.25, -0.2) is 4.98 Å². The number of hydrogen-bond donors (Lipinski definition) is 0. The van der Waals surface area contributed by atoms with E-state index in [4.69, 9.17) is 0 Å². The van der Waals surface area contributed by atoms with Crippen molar-refractivity contribution >= 4 is 11.3 Å². The summed E-state index contributed by atoms with van der Waals surface area (Å²) in [6, 6.07) is 4.40. The predicted molar refractivity (Wildman–Crippen MR) is 38.5 cm³/mol. The molecule has 3 heteroatoms. The zero-order valence-electron chi connectivity index (χ0n) is 5.15. The van der Waals surface area contributed by atoms with Crippen LogP contribution in [-0.2, 0) is 0 Å². The van der Waals surface area contributed by atoms with E-state index in [1.807, 2.05) is 5.38 Å². The first-order valence-corrected chi connectivity index (χ1v) is 3.52. The molecule has 0 saturated heterocycles. The van der Waals surface area contributed by atoms with Crippen LogP contribution in [0.4, 0.5) is 0 Å². The summed E-state index contributed by atoms with van der Waals surface area (Å²) in [5.41, 5.74) is 2.65. The zero-order valence-corrected chi connectivity index (χ0v) is 5.97. The number of rotatable bonds is 0. The monoisotopic (exact) mass is 151 g/mol. The molecule has 2 radical (unpaired) electrons. The third-order valence-corrected chi connectivity index (χ3v) is 1.16. The van der Waals surface area contributed by atoms with Gasteiger partial charge in [0, 0.05) is 17.6 Å². The molecule has 0 fully saturated rings. The Kier molecular flexibility index (Phi) is 3.34. The molecule has 0 aromatic carbocycles. The molecule has 0 spiro atoms. The minimum Gasteiger partial charge on any atom is -0.472 e. The molecule has 2 nitrogen and oxygen atoms in total. The van der Waals surface area contributed by atoms with Gasteiger partial charge in [-0.2, -0.15) is 0 Å². The zero-order chi connectivity index (χ0) is 7.07. The number of thiazole rings is 1. The second kappa shape index (κ2) is 4.76. The molecule has 0 N–H and O–H groups in total. The smallest absolute Gasteiger partial charge is 0.152 e. The topological polar surface area (TPSA) is 26.0 Å². The lowest BCUT2D eigenvalue weighted by Crippen LogP contribution is -1.39. The van der Waals surface area contributed by atoms with Gasteiger partial charge in [-0.3, -0.25) is 0 Å². The number of nitrogens with zero attached hydrogens (tertiary/aromatic N) is 1. The van der Waals surface area contributed by atoms with Crippen LogP contribution in [0.15, 0.2) is 34.6 Å². The Morgan fingerprint density at radius 3 is 2.70 bits per heavy atom. The maximum absolute atomic E-state index is 4.53. The fourth-order valence-electron chi connectivity index (χ4n) is 0.349. The van der Waals surface area contributed by atoms with Gasteiger partial charge in [0.2, 0.25) is 0 Å². The van der Waals surface area contributed by atoms with Crippen molar-refractivity contribution in [2.45, 2.75) is 0 Å². The molecule has 10 heavy (non-hydrogen) atoms. The third kappa shape index (κ3) is 3.04. The molecular weight excluding hydrogens is 146 g/mol. The van der Waals surface area contributed by atoms with Crippen molar-refractivity contribution < 1.29 is 4.42 Å². The van der Waals surface area contributed by atoms with Crippen LogP contribution < -0.4 is 0 Å². The van der Waals surface area contributed by atoms with Gasteiger partial charge in [-0.15, -0.1) is 11.3 Å². The molecule has 2 aromatic rings. The van der Waals surface area contributed by atoms with E-state index in [1.165, 1.54) is 17.6 Å². The van der Waals surface area contributed by atoms with Crippen molar-refractivity contribution in [3.8, 4) is 0 Å². The van der Waals surface area contributed by atoms with E-state index in [2.05, 4.69) is 21.0 Å². The molecular formula is C7H5NOS. The first kappa shape index (κ1) is 7.02. The molecule has 0 aliphatic carbocycles. The fraction of sp³-hybridized carbons (Fsp3) is 0. The van der Waals surface area contributed by atoms with Crippen LogP contribution in [0, 0.1) is 11.6 Å². The van der Waals surface area contributed by atoms with Crippen LogP contribution in [0.3, 0.4) is 0 Å². The highest BCUT2D eigenvalue weighted by molar-refractivity contribution is 7.06. The molecule has 2 rings (SSSR count). The standard InChI is InChI=1S/C4H3O.C3H2NS/c1-2-4-5-3-1;1-2-5-3-4-1/h1,3-4H;1-2H. The maximum Gasteiger partial charge on any atom is 0.152 e. The van der Waals surface area contributed by atoms with E-state index < -0.39 is 0 Å². The lowest BCUT2D eigenvalue weighted by Gasteiger charge is -1.50. The second-order valence-electron chi connectivity index (χ2n) is 1.35. The summed E-state index contributed by atoms with van der Waals surface area (Å²) in [6.45, 7) is 0. The second-order valence-corrected chi connectivity index (χ2v) is 2.04. The van der Waals surface area contributed by atoms with E-state index in [0.717, 1.165) is 0 Å². The van der Waals surface area contributed by atoms with E-state index in [1.54, 1.807) is 18.5 Å². The van der Waals surface area contributed by atoms with Gasteiger partial charge in [-0.1, -0.05) is 0 Å². The van der Waals surface area contributed by atoms with Crippen molar-refractivity contribution in [2.75, 3.05) is 0 Å². The average Bonchev–Trinajstić information content (AvgIpc) is 2.67. The molecule has 0 amide bonds. The summed E-state index contributed by atoms with van der Waals surface area (Å²) in [5.74, 6) is 0. The largest absolute Gasteiger partial charge is 0.472 e. The fourth-order valence-corrected chi connectivity index (χ4v) is 0.653. The molecule has 0 aliphatic rings. The van der Waals surface area contributed by atoms with Crippen LogP contribution in [0.25, 0.3) is 0 Å². The Labute approximate surface area is 63.1 Å². The van der Waals surface area contributed by atoms with Crippen molar-refractivity contribution in [2.24, 2.45) is 0 Å². The molecule has 50 valence electrons. The summed E-state index contributed by atoms with van der Waals surface area (Å²) < 4.78 is 4.53. The van der Waals surface area contributed by atoms with Crippen molar-refractivity contribution in [3.63, 3.8) is 0 Å². The van der Waals surface area contributed by atoms with Gasteiger partial charge in [0.1, 0.15) is 0 Å². The highest BCUT2D eigenvalue weighted by Gasteiger charge is 1.61. The van der Waals surface area contributed by atoms with Crippen molar-refractivity contribution in [3.05, 3.63) is 41.7 Å². The Morgan fingerprint density at radius 1 is 1.50 bits per heavy atom. The van der Waals surface area contributed by atoms with Crippen LogP contribution in [-0.4, -0.2) is 4.98 Å². The summed E-state index contributed by atoms with van der Waals surface area (Å²) in [5, 5.41) is 1.88. The summed E-state index contributed by atoms with van der Waals surface area (Å²) in [4.78, 5) is 3.62. The molecule has 2 aromatic heterocycles. The number of aromatic nitrogens is 1. The Morgan fingerprint density at radius 2 is 2.50 bits per heavy atom. The maximum atomic E-state index is 4.53. The van der Waals surface area contributed by atoms with Crippen molar-refractivity contribution in [1.29, 1.82) is 0 Å². The highest BCUT2D eigenvalue weighted by atomic mass is 32.1. The first-order chi connectivity index (χ1) is 5.00. The highest BCUT2D eigenvalue weighted by Crippen LogP contribution is 1.84. The lowest BCUT2D eigenvalue weighted by atomic mass is 10.7. The molecule has 0 saturated carbocycles. The van der Waals surface area contributed by atoms with Crippen molar-refractivity contribution in [1.82, 2.24) is 4.98 Å². The normalized spacial score (nSPS) is 8.00. The number of furan rings is 1. The van der Waals surface area contributed by atoms with Crippen LogP contribution in [0.5, 0.6) is 0 Å². The SMILES string of the molecule is [c]1ccoc1.[c]1nccs1. The van der Waals surface area contributed by atoms with E-state index >= 15 is 0 Å². The Bertz CT molecular complexity index is 153. The predicted octanol–water partition coefficient (Wildman–Crippen LogP) is 2.02. The van der Waals surface area contributed by atoms with Gasteiger partial charge in [0.15, 0.2) is 5.51 Å². The lowest BCUT2D eigenvalue weighted by molar-refractivity contribution is 0.567. The quantitative estimate of drug-likeness (QED) is 0.575. The minimum atomic E-state index is 1.48. The molecule has 0 aliphatic heterocycles. The molecule has 2 heterocycles. The first-order valence-electron chi connectivity index (χ1n) is 2.64.